The third-order valence-electron chi connectivity index (χ3n) is 5.47. The molecule has 9 heteroatoms. The molecule has 0 saturated heterocycles. The van der Waals surface area contributed by atoms with Crippen molar-refractivity contribution in [2.75, 3.05) is 12.9 Å². The van der Waals surface area contributed by atoms with Crippen LogP contribution in [0.5, 0.6) is 5.75 Å². The van der Waals surface area contributed by atoms with E-state index in [9.17, 15) is 9.59 Å². The fraction of sp³-hybridized carbons (Fsp3) is 0.524. The second-order valence-corrected chi connectivity index (χ2v) is 8.54. The van der Waals surface area contributed by atoms with E-state index in [-0.39, 0.29) is 24.4 Å². The Balaban J connectivity index is 1.47. The normalized spacial score (nSPS) is 18.6. The lowest BCUT2D eigenvalue weighted by Crippen LogP contribution is -2.41. The van der Waals surface area contributed by atoms with Crippen molar-refractivity contribution in [2.24, 2.45) is 13.0 Å². The molecule has 3 rings (SSSR count). The molecule has 0 aliphatic heterocycles. The van der Waals surface area contributed by atoms with Crippen LogP contribution in [0.25, 0.3) is 0 Å². The molecule has 0 bridgehead atoms. The number of hydrogen-bond donors (Lipinski definition) is 2. The molecule has 2 aromatic rings. The molecule has 1 aliphatic rings. The molecule has 1 aromatic heterocycles. The number of nitrogens with one attached hydrogen (secondary N) is 2. The molecule has 1 aromatic carbocycles. The maximum absolute atomic E-state index is 12.3. The maximum atomic E-state index is 12.3. The molecule has 0 spiro atoms. The van der Waals surface area contributed by atoms with E-state index in [1.807, 2.05) is 7.05 Å². The van der Waals surface area contributed by atoms with E-state index in [0.29, 0.717) is 34.0 Å². The molecule has 2 N–H and O–H groups in total. The highest BCUT2D eigenvalue weighted by Gasteiger charge is 2.23. The number of aromatic nitrogens is 3. The molecule has 0 radical (unpaired) electrons. The molecule has 1 fully saturated rings. The quantitative estimate of drug-likeness (QED) is 0.624. The van der Waals surface area contributed by atoms with Gasteiger partial charge in [0, 0.05) is 18.7 Å². The summed E-state index contributed by atoms with van der Waals surface area (Å²) in [6.45, 7) is 2.45. The van der Waals surface area contributed by atoms with E-state index >= 15 is 0 Å². The highest BCUT2D eigenvalue weighted by atomic mass is 32.2. The van der Waals surface area contributed by atoms with Crippen molar-refractivity contribution in [3.8, 4) is 5.75 Å². The van der Waals surface area contributed by atoms with Gasteiger partial charge in [-0.05, 0) is 43.0 Å². The minimum Gasteiger partial charge on any atom is -0.497 e. The Morgan fingerprint density at radius 2 is 1.93 bits per heavy atom. The number of rotatable bonds is 8. The zero-order chi connectivity index (χ0) is 21.5. The van der Waals surface area contributed by atoms with Gasteiger partial charge in [-0.2, -0.15) is 0 Å². The summed E-state index contributed by atoms with van der Waals surface area (Å²) in [7, 11) is 3.41. The summed E-state index contributed by atoms with van der Waals surface area (Å²) in [6, 6.07) is 7.17. The molecule has 8 nitrogen and oxygen atoms in total. The van der Waals surface area contributed by atoms with Crippen LogP contribution in [-0.2, 0) is 18.4 Å². The van der Waals surface area contributed by atoms with Crippen molar-refractivity contribution in [3.05, 3.63) is 35.7 Å². The zero-order valence-corrected chi connectivity index (χ0v) is 18.5. The smallest absolute Gasteiger partial charge is 0.251 e. The van der Waals surface area contributed by atoms with Gasteiger partial charge in [0.2, 0.25) is 5.91 Å². The minimum absolute atomic E-state index is 0.0242. The number of benzene rings is 1. The van der Waals surface area contributed by atoms with Crippen LogP contribution in [0.15, 0.2) is 29.4 Å². The van der Waals surface area contributed by atoms with Crippen LogP contribution in [0.1, 0.15) is 48.8 Å². The first-order valence-corrected chi connectivity index (χ1v) is 11.2. The molecular weight excluding hydrogens is 402 g/mol. The summed E-state index contributed by atoms with van der Waals surface area (Å²) in [5, 5.41) is 14.9. The number of nitrogens with zero attached hydrogens (tertiary/aromatic N) is 3. The van der Waals surface area contributed by atoms with Crippen molar-refractivity contribution in [1.82, 2.24) is 25.4 Å². The Hall–Kier alpha value is -2.55. The Kier molecular flexibility index (Phi) is 7.73. The summed E-state index contributed by atoms with van der Waals surface area (Å²) >= 11 is 1.35. The number of thioether (sulfide) groups is 1. The fourth-order valence-electron chi connectivity index (χ4n) is 3.54. The van der Waals surface area contributed by atoms with Gasteiger partial charge < -0.3 is 19.9 Å². The highest BCUT2D eigenvalue weighted by molar-refractivity contribution is 7.99. The van der Waals surface area contributed by atoms with Crippen molar-refractivity contribution < 1.29 is 14.3 Å². The molecule has 162 valence electrons. The van der Waals surface area contributed by atoms with Gasteiger partial charge in [-0.1, -0.05) is 31.5 Å². The number of ether oxygens (including phenoxy) is 1. The summed E-state index contributed by atoms with van der Waals surface area (Å²) in [4.78, 5) is 24.6. The van der Waals surface area contributed by atoms with E-state index in [4.69, 9.17) is 4.74 Å². The molecule has 1 saturated carbocycles. The van der Waals surface area contributed by atoms with Crippen molar-refractivity contribution in [2.45, 2.75) is 50.4 Å². The molecular formula is C21H29N5O3S. The number of hydrogen-bond acceptors (Lipinski definition) is 6. The van der Waals surface area contributed by atoms with Crippen molar-refractivity contribution in [3.63, 3.8) is 0 Å². The van der Waals surface area contributed by atoms with Crippen molar-refractivity contribution in [1.29, 1.82) is 0 Å². The average molecular weight is 432 g/mol. The molecule has 2 atom stereocenters. The lowest BCUT2D eigenvalue weighted by molar-refractivity contribution is -0.119. The second-order valence-electron chi connectivity index (χ2n) is 7.59. The molecule has 1 heterocycles. The van der Waals surface area contributed by atoms with E-state index in [0.717, 1.165) is 6.42 Å². The van der Waals surface area contributed by atoms with Crippen LogP contribution in [0.3, 0.4) is 0 Å². The largest absolute Gasteiger partial charge is 0.497 e. The predicted molar refractivity (Wildman–Crippen MR) is 115 cm³/mol. The third-order valence-corrected chi connectivity index (χ3v) is 6.49. The lowest BCUT2D eigenvalue weighted by Gasteiger charge is -2.29. The molecule has 1 aliphatic carbocycles. The Morgan fingerprint density at radius 1 is 1.20 bits per heavy atom. The topological polar surface area (TPSA) is 98.1 Å². The van der Waals surface area contributed by atoms with Crippen molar-refractivity contribution >= 4 is 23.6 Å². The van der Waals surface area contributed by atoms with E-state index in [2.05, 4.69) is 27.8 Å². The third kappa shape index (κ3) is 5.75. The number of amides is 2. The lowest BCUT2D eigenvalue weighted by atomic mass is 9.86. The monoisotopic (exact) mass is 431 g/mol. The van der Waals surface area contributed by atoms with Gasteiger partial charge in [-0.15, -0.1) is 10.2 Å². The van der Waals surface area contributed by atoms with Gasteiger partial charge >= 0.3 is 0 Å². The summed E-state index contributed by atoms with van der Waals surface area (Å²) in [5.74, 6) is 1.98. The van der Waals surface area contributed by atoms with E-state index in [1.165, 1.54) is 31.0 Å². The fourth-order valence-corrected chi connectivity index (χ4v) is 4.28. The van der Waals surface area contributed by atoms with Crippen LogP contribution >= 0.6 is 11.8 Å². The first-order valence-electron chi connectivity index (χ1n) is 10.2. The second kappa shape index (κ2) is 10.5. The number of carbonyl (C=O) groups excluding carboxylic acids is 2. The molecule has 2 amide bonds. The van der Waals surface area contributed by atoms with Crippen LogP contribution < -0.4 is 15.4 Å². The maximum Gasteiger partial charge on any atom is 0.251 e. The van der Waals surface area contributed by atoms with Gasteiger partial charge in [-0.3, -0.25) is 9.59 Å². The van der Waals surface area contributed by atoms with Gasteiger partial charge in [-0.25, -0.2) is 0 Å². The minimum atomic E-state index is -0.198. The Bertz CT molecular complexity index is 868. The van der Waals surface area contributed by atoms with E-state index < -0.39 is 0 Å². The van der Waals surface area contributed by atoms with Crippen LogP contribution in [0, 0.1) is 5.92 Å². The summed E-state index contributed by atoms with van der Waals surface area (Å²) in [5.41, 5.74) is 0.543. The van der Waals surface area contributed by atoms with E-state index in [1.54, 1.807) is 35.9 Å². The number of methoxy groups -OCH3 is 1. The standard InChI is InChI=1S/C21H29N5O3S/c1-14-6-4-5-7-17(14)23-19(27)13-30-21-25-24-18(26(21)2)12-22-20(28)15-8-10-16(29-3)11-9-15/h8-11,14,17H,4-7,12-13H2,1-3H3,(H,22,28)(H,23,27)/t14-,17-/m1/s1. The molecule has 30 heavy (non-hydrogen) atoms. The Labute approximate surface area is 181 Å². The molecule has 0 unspecified atom stereocenters. The summed E-state index contributed by atoms with van der Waals surface area (Å²) in [6.07, 6.45) is 4.66. The first kappa shape index (κ1) is 22.1. The zero-order valence-electron chi connectivity index (χ0n) is 17.7. The SMILES string of the molecule is COc1ccc(C(=O)NCc2nnc(SCC(=O)N[C@@H]3CCCC[C@H]3C)n2C)cc1. The van der Waals surface area contributed by atoms with Gasteiger partial charge in [0.05, 0.1) is 19.4 Å². The van der Waals surface area contributed by atoms with Gasteiger partial charge in [0.1, 0.15) is 5.75 Å². The van der Waals surface area contributed by atoms with Gasteiger partial charge in [0.25, 0.3) is 5.91 Å². The van der Waals surface area contributed by atoms with Gasteiger partial charge in [0.15, 0.2) is 11.0 Å². The van der Waals surface area contributed by atoms with Crippen LogP contribution in [0.4, 0.5) is 0 Å². The van der Waals surface area contributed by atoms with Crippen LogP contribution in [-0.4, -0.2) is 45.5 Å². The summed E-state index contributed by atoms with van der Waals surface area (Å²) < 4.78 is 6.90. The predicted octanol–water partition coefficient (Wildman–Crippen LogP) is 2.54. The Morgan fingerprint density at radius 3 is 2.63 bits per heavy atom. The first-order chi connectivity index (χ1) is 14.5. The van der Waals surface area contributed by atoms with Crippen LogP contribution in [0.2, 0.25) is 0 Å². The number of carbonyl (C=O) groups is 2. The average Bonchev–Trinajstić information content (AvgIpc) is 3.11. The highest BCUT2D eigenvalue weighted by Crippen LogP contribution is 2.24.